The van der Waals surface area contributed by atoms with E-state index in [1.165, 1.54) is 44.9 Å². The molecule has 15 heavy (non-hydrogen) atoms. The van der Waals surface area contributed by atoms with Crippen molar-refractivity contribution < 1.29 is 5.11 Å². The number of hydrogen-bond acceptors (Lipinski definition) is 2. The van der Waals surface area contributed by atoms with E-state index in [-0.39, 0.29) is 6.10 Å². The van der Waals surface area contributed by atoms with Crippen molar-refractivity contribution in [2.45, 2.75) is 64.0 Å². The quantitative estimate of drug-likeness (QED) is 0.731. The molecule has 0 amide bonds. The van der Waals surface area contributed by atoms with Crippen molar-refractivity contribution in [3.8, 4) is 0 Å². The van der Waals surface area contributed by atoms with Gasteiger partial charge in [0, 0.05) is 12.6 Å². The van der Waals surface area contributed by atoms with E-state index >= 15 is 0 Å². The zero-order valence-corrected chi connectivity index (χ0v) is 9.91. The Morgan fingerprint density at radius 3 is 2.20 bits per heavy atom. The molecule has 2 aliphatic carbocycles. The van der Waals surface area contributed by atoms with Gasteiger partial charge in [0.05, 0.1) is 6.10 Å². The molecule has 0 aromatic rings. The standard InChI is InChI=1S/C13H25NO/c1-10(15)9-14-13(12-7-8-12)11-5-3-2-4-6-11/h10-15H,2-9H2,1H3/t10-,13?/m1/s1. The molecule has 2 atom stereocenters. The van der Waals surface area contributed by atoms with Crippen molar-refractivity contribution in [3.63, 3.8) is 0 Å². The van der Waals surface area contributed by atoms with Crippen LogP contribution in [0.2, 0.25) is 0 Å². The van der Waals surface area contributed by atoms with Crippen LogP contribution >= 0.6 is 0 Å². The van der Waals surface area contributed by atoms with Gasteiger partial charge in [-0.2, -0.15) is 0 Å². The van der Waals surface area contributed by atoms with Gasteiger partial charge in [-0.1, -0.05) is 19.3 Å². The summed E-state index contributed by atoms with van der Waals surface area (Å²) in [6.07, 6.45) is 9.72. The molecule has 2 N–H and O–H groups in total. The molecule has 0 aromatic heterocycles. The molecule has 0 spiro atoms. The first-order valence-corrected chi connectivity index (χ1v) is 6.69. The third kappa shape index (κ3) is 3.46. The highest BCUT2D eigenvalue weighted by atomic mass is 16.3. The zero-order valence-electron chi connectivity index (χ0n) is 9.91. The SMILES string of the molecule is C[C@@H](O)CNC(C1CCCCC1)C1CC1. The predicted molar refractivity (Wildman–Crippen MR) is 62.8 cm³/mol. The average molecular weight is 211 g/mol. The summed E-state index contributed by atoms with van der Waals surface area (Å²) in [6, 6.07) is 0.708. The van der Waals surface area contributed by atoms with Crippen LogP contribution in [0.4, 0.5) is 0 Å². The van der Waals surface area contributed by atoms with Crippen molar-refractivity contribution in [1.29, 1.82) is 0 Å². The summed E-state index contributed by atoms with van der Waals surface area (Å²) in [4.78, 5) is 0. The molecule has 0 heterocycles. The maximum absolute atomic E-state index is 9.34. The molecule has 2 fully saturated rings. The molecule has 0 radical (unpaired) electrons. The second-order valence-corrected chi connectivity index (χ2v) is 5.52. The largest absolute Gasteiger partial charge is 0.392 e. The van der Waals surface area contributed by atoms with Crippen LogP contribution < -0.4 is 5.32 Å². The third-order valence-electron chi connectivity index (χ3n) is 3.94. The fourth-order valence-electron chi connectivity index (χ4n) is 2.97. The molecule has 2 heteroatoms. The van der Waals surface area contributed by atoms with Gasteiger partial charge in [-0.05, 0) is 44.4 Å². The molecule has 1 unspecified atom stereocenters. The van der Waals surface area contributed by atoms with Crippen LogP contribution in [0.1, 0.15) is 51.9 Å². The minimum atomic E-state index is -0.199. The molecule has 2 saturated carbocycles. The van der Waals surface area contributed by atoms with E-state index in [0.717, 1.165) is 18.4 Å². The lowest BCUT2D eigenvalue weighted by molar-refractivity contribution is 0.167. The van der Waals surface area contributed by atoms with Gasteiger partial charge in [-0.15, -0.1) is 0 Å². The smallest absolute Gasteiger partial charge is 0.0636 e. The molecule has 0 bridgehead atoms. The summed E-state index contributed by atoms with van der Waals surface area (Å²) in [5.41, 5.74) is 0. The summed E-state index contributed by atoms with van der Waals surface area (Å²) >= 11 is 0. The highest BCUT2D eigenvalue weighted by Gasteiger charge is 2.36. The Morgan fingerprint density at radius 1 is 1.07 bits per heavy atom. The van der Waals surface area contributed by atoms with Gasteiger partial charge in [0.15, 0.2) is 0 Å². The number of aliphatic hydroxyl groups is 1. The minimum Gasteiger partial charge on any atom is -0.392 e. The van der Waals surface area contributed by atoms with Crippen LogP contribution in [0.5, 0.6) is 0 Å². The lowest BCUT2D eigenvalue weighted by atomic mass is 9.82. The van der Waals surface area contributed by atoms with Crippen molar-refractivity contribution in [3.05, 3.63) is 0 Å². The van der Waals surface area contributed by atoms with Crippen molar-refractivity contribution >= 4 is 0 Å². The Labute approximate surface area is 93.5 Å². The highest BCUT2D eigenvalue weighted by molar-refractivity contribution is 4.92. The van der Waals surface area contributed by atoms with Crippen molar-refractivity contribution in [2.75, 3.05) is 6.54 Å². The number of hydrogen-bond donors (Lipinski definition) is 2. The number of nitrogens with one attached hydrogen (secondary N) is 1. The van der Waals surface area contributed by atoms with Crippen LogP contribution in [0.3, 0.4) is 0 Å². The maximum Gasteiger partial charge on any atom is 0.0636 e. The topological polar surface area (TPSA) is 32.3 Å². The van der Waals surface area contributed by atoms with Crippen LogP contribution in [0.15, 0.2) is 0 Å². The summed E-state index contributed by atoms with van der Waals surface area (Å²) in [6.45, 7) is 2.65. The lowest BCUT2D eigenvalue weighted by Crippen LogP contribution is -2.42. The molecule has 88 valence electrons. The fraction of sp³-hybridized carbons (Fsp3) is 1.00. The van der Waals surface area contributed by atoms with Gasteiger partial charge in [-0.25, -0.2) is 0 Å². The van der Waals surface area contributed by atoms with Crippen LogP contribution in [-0.2, 0) is 0 Å². The molecule has 0 aliphatic heterocycles. The lowest BCUT2D eigenvalue weighted by Gasteiger charge is -2.31. The average Bonchev–Trinajstić information content (AvgIpc) is 3.03. The Bertz CT molecular complexity index is 183. The number of rotatable bonds is 5. The second-order valence-electron chi connectivity index (χ2n) is 5.52. The van der Waals surface area contributed by atoms with Gasteiger partial charge >= 0.3 is 0 Å². The third-order valence-corrected chi connectivity index (χ3v) is 3.94. The maximum atomic E-state index is 9.34. The molecule has 0 aromatic carbocycles. The van der Waals surface area contributed by atoms with Gasteiger partial charge < -0.3 is 10.4 Å². The molecule has 2 nitrogen and oxygen atoms in total. The highest BCUT2D eigenvalue weighted by Crippen LogP contribution is 2.40. The fourth-order valence-corrected chi connectivity index (χ4v) is 2.97. The Morgan fingerprint density at radius 2 is 1.67 bits per heavy atom. The van der Waals surface area contributed by atoms with E-state index in [4.69, 9.17) is 0 Å². The summed E-state index contributed by atoms with van der Waals surface area (Å²) in [5, 5.41) is 12.9. The summed E-state index contributed by atoms with van der Waals surface area (Å²) in [7, 11) is 0. The summed E-state index contributed by atoms with van der Waals surface area (Å²) in [5.74, 6) is 1.82. The van der Waals surface area contributed by atoms with Crippen molar-refractivity contribution in [1.82, 2.24) is 5.32 Å². The molecular formula is C13H25NO. The Balaban J connectivity index is 1.81. The summed E-state index contributed by atoms with van der Waals surface area (Å²) < 4.78 is 0. The van der Waals surface area contributed by atoms with E-state index in [1.807, 2.05) is 6.92 Å². The first kappa shape index (κ1) is 11.4. The molecule has 0 saturated heterocycles. The second kappa shape index (κ2) is 5.31. The number of aliphatic hydroxyl groups excluding tert-OH is 1. The first-order valence-electron chi connectivity index (χ1n) is 6.69. The minimum absolute atomic E-state index is 0.199. The zero-order chi connectivity index (χ0) is 10.7. The van der Waals surface area contributed by atoms with E-state index in [1.54, 1.807) is 0 Å². The molecular weight excluding hydrogens is 186 g/mol. The van der Waals surface area contributed by atoms with E-state index in [0.29, 0.717) is 6.04 Å². The predicted octanol–water partition coefficient (Wildman–Crippen LogP) is 2.32. The molecule has 2 aliphatic rings. The van der Waals surface area contributed by atoms with Crippen LogP contribution in [-0.4, -0.2) is 23.8 Å². The van der Waals surface area contributed by atoms with Gasteiger partial charge in [0.25, 0.3) is 0 Å². The van der Waals surface area contributed by atoms with Crippen LogP contribution in [0.25, 0.3) is 0 Å². The first-order chi connectivity index (χ1) is 7.27. The monoisotopic (exact) mass is 211 g/mol. The Hall–Kier alpha value is -0.0800. The van der Waals surface area contributed by atoms with Gasteiger partial charge in [0.1, 0.15) is 0 Å². The van der Waals surface area contributed by atoms with E-state index < -0.39 is 0 Å². The van der Waals surface area contributed by atoms with Gasteiger partial charge in [-0.3, -0.25) is 0 Å². The van der Waals surface area contributed by atoms with Crippen molar-refractivity contribution in [2.24, 2.45) is 11.8 Å². The molecule has 2 rings (SSSR count). The normalized spacial score (nSPS) is 27.6. The van der Waals surface area contributed by atoms with Crippen LogP contribution in [0, 0.1) is 11.8 Å². The van der Waals surface area contributed by atoms with E-state index in [9.17, 15) is 5.11 Å². The van der Waals surface area contributed by atoms with E-state index in [2.05, 4.69) is 5.32 Å². The van der Waals surface area contributed by atoms with Gasteiger partial charge in [0.2, 0.25) is 0 Å². The Kier molecular flexibility index (Phi) is 4.04.